The molecule has 3 saturated heterocycles. The van der Waals surface area contributed by atoms with Gasteiger partial charge in [0.2, 0.25) is 6.10 Å². The van der Waals surface area contributed by atoms with E-state index in [1.54, 1.807) is 26.8 Å². The van der Waals surface area contributed by atoms with Crippen LogP contribution in [-0.4, -0.2) is 84.1 Å². The van der Waals surface area contributed by atoms with Crippen molar-refractivity contribution in [2.45, 2.75) is 129 Å². The van der Waals surface area contributed by atoms with Crippen molar-refractivity contribution in [2.75, 3.05) is 6.61 Å². The minimum atomic E-state index is -1.85. The Hall–Kier alpha value is -4.20. The largest absolute Gasteiger partial charge is 0.472 e. The molecule has 1 aromatic heterocycles. The number of rotatable bonds is 8. The monoisotopic (exact) mass is 728 g/mol. The predicted octanol–water partition coefficient (Wildman–Crippen LogP) is 4.12. The molecule has 0 N–H and O–H groups in total. The lowest BCUT2D eigenvalue weighted by Crippen LogP contribution is -2.70. The zero-order chi connectivity index (χ0) is 38.1. The molecule has 2 aliphatic carbocycles. The molecule has 0 amide bonds. The van der Waals surface area contributed by atoms with Crippen molar-refractivity contribution >= 4 is 35.8 Å². The highest BCUT2D eigenvalue weighted by Crippen LogP contribution is 2.73. The third-order valence-corrected chi connectivity index (χ3v) is 12.7. The second-order valence-corrected chi connectivity index (χ2v) is 15.7. The molecule has 6 rings (SSSR count). The molecule has 4 heterocycles. The first-order valence-electron chi connectivity index (χ1n) is 17.8. The van der Waals surface area contributed by atoms with Crippen molar-refractivity contribution in [3.63, 3.8) is 0 Å². The van der Waals surface area contributed by atoms with Crippen LogP contribution >= 0.6 is 0 Å². The highest BCUT2D eigenvalue weighted by molar-refractivity contribution is 5.79. The van der Waals surface area contributed by atoms with E-state index in [0.717, 1.165) is 0 Å². The summed E-state index contributed by atoms with van der Waals surface area (Å²) in [5.41, 5.74) is -4.77. The van der Waals surface area contributed by atoms with Gasteiger partial charge in [0.05, 0.1) is 36.9 Å². The molecule has 0 spiro atoms. The Morgan fingerprint density at radius 1 is 1.00 bits per heavy atom. The van der Waals surface area contributed by atoms with Crippen LogP contribution in [-0.2, 0) is 61.9 Å². The van der Waals surface area contributed by atoms with Crippen LogP contribution in [0.15, 0.2) is 35.2 Å². The van der Waals surface area contributed by atoms with Crippen molar-refractivity contribution in [3.05, 3.63) is 36.3 Å². The fourth-order valence-corrected chi connectivity index (χ4v) is 10.4. The third-order valence-electron chi connectivity index (χ3n) is 12.7. The van der Waals surface area contributed by atoms with E-state index >= 15 is 0 Å². The lowest BCUT2D eigenvalue weighted by molar-refractivity contribution is -0.238. The number of fused-ring (bicyclic) bond motifs is 6. The third kappa shape index (κ3) is 5.46. The van der Waals surface area contributed by atoms with Gasteiger partial charge in [-0.05, 0) is 37.0 Å². The fraction of sp³-hybridized carbons (Fsp3) is 0.684. The topological polar surface area (TPSA) is 180 Å². The number of furan rings is 1. The van der Waals surface area contributed by atoms with Gasteiger partial charge in [-0.1, -0.05) is 34.3 Å². The first-order valence-corrected chi connectivity index (χ1v) is 17.8. The first kappa shape index (κ1) is 37.6. The van der Waals surface area contributed by atoms with Gasteiger partial charge in [-0.3, -0.25) is 24.0 Å². The quantitative estimate of drug-likeness (QED) is 0.212. The van der Waals surface area contributed by atoms with Gasteiger partial charge in [-0.2, -0.15) is 0 Å². The van der Waals surface area contributed by atoms with Gasteiger partial charge in [0.15, 0.2) is 5.60 Å². The van der Waals surface area contributed by atoms with Gasteiger partial charge in [0, 0.05) is 49.9 Å². The van der Waals surface area contributed by atoms with E-state index in [1.807, 2.05) is 13.8 Å². The maximum absolute atomic E-state index is 14.4. The number of cyclic esters (lactones) is 1. The number of hydrogen-bond acceptors (Lipinski definition) is 14. The summed E-state index contributed by atoms with van der Waals surface area (Å²) in [6.45, 7) is 17.1. The van der Waals surface area contributed by atoms with Crippen molar-refractivity contribution < 1.29 is 66.3 Å². The first-order chi connectivity index (χ1) is 24.3. The van der Waals surface area contributed by atoms with Crippen LogP contribution in [0, 0.1) is 28.6 Å². The molecule has 2 saturated carbocycles. The molecule has 14 nitrogen and oxygen atoms in total. The van der Waals surface area contributed by atoms with Gasteiger partial charge >= 0.3 is 35.8 Å². The van der Waals surface area contributed by atoms with E-state index in [4.69, 9.17) is 37.6 Å². The van der Waals surface area contributed by atoms with Crippen LogP contribution in [0.2, 0.25) is 0 Å². The van der Waals surface area contributed by atoms with E-state index in [0.29, 0.717) is 17.6 Å². The molecule has 284 valence electrons. The average Bonchev–Trinajstić information content (AvgIpc) is 3.73. The molecule has 0 aromatic carbocycles. The normalized spacial score (nSPS) is 40.3. The van der Waals surface area contributed by atoms with Gasteiger partial charge in [-0.15, -0.1) is 0 Å². The molecule has 5 aliphatic rings. The average molecular weight is 729 g/mol. The lowest BCUT2D eigenvalue weighted by atomic mass is 9.47. The highest BCUT2D eigenvalue weighted by Gasteiger charge is 2.81. The van der Waals surface area contributed by atoms with Gasteiger partial charge < -0.3 is 37.6 Å². The number of ether oxygens (including phenoxy) is 7. The predicted molar refractivity (Wildman–Crippen MR) is 177 cm³/mol. The summed E-state index contributed by atoms with van der Waals surface area (Å²) >= 11 is 0. The van der Waals surface area contributed by atoms with Crippen molar-refractivity contribution in [3.8, 4) is 0 Å². The molecular formula is C38H48O14. The van der Waals surface area contributed by atoms with Gasteiger partial charge in [0.1, 0.15) is 30.5 Å². The standard InChI is InChI=1S/C38H48O14/c1-10-18(2)31(48-21(5)40)34(44)50-33-32-30(36(8)25-14-28(42)46-17-35(25,7)52-29(43)15-26(36)49-32)19(3)38(51-22(6)41)27(47-20(4)39)13-24(37(33,38)9)23-11-12-45-16-23/h11-12,16,18,24-27,30-33H,3,10,13-15,17H2,1-2,4-9H3/t18-,24-,25-,26-,27-,30+,31+,32+,33-,35+,36+,37+,38+/m0/s1. The summed E-state index contributed by atoms with van der Waals surface area (Å²) in [5.74, 6) is -6.63. The van der Waals surface area contributed by atoms with E-state index in [9.17, 15) is 28.8 Å². The Bertz CT molecular complexity index is 1670. The summed E-state index contributed by atoms with van der Waals surface area (Å²) in [6.07, 6.45) is -2.43. The molecule has 3 aliphatic heterocycles. The lowest BCUT2D eigenvalue weighted by Gasteiger charge is -2.60. The summed E-state index contributed by atoms with van der Waals surface area (Å²) in [5, 5.41) is 0. The summed E-state index contributed by atoms with van der Waals surface area (Å²) < 4.78 is 48.5. The molecular weight excluding hydrogens is 680 g/mol. The fourth-order valence-electron chi connectivity index (χ4n) is 10.4. The van der Waals surface area contributed by atoms with E-state index < -0.39 is 112 Å². The summed E-state index contributed by atoms with van der Waals surface area (Å²) in [6, 6.07) is 1.73. The maximum atomic E-state index is 14.4. The van der Waals surface area contributed by atoms with Crippen molar-refractivity contribution in [1.82, 2.24) is 0 Å². The highest BCUT2D eigenvalue weighted by atomic mass is 16.6. The summed E-state index contributed by atoms with van der Waals surface area (Å²) in [7, 11) is 0. The molecule has 13 atom stereocenters. The van der Waals surface area contributed by atoms with Crippen molar-refractivity contribution in [1.29, 1.82) is 0 Å². The molecule has 0 bridgehead atoms. The molecule has 0 unspecified atom stereocenters. The van der Waals surface area contributed by atoms with E-state index in [1.165, 1.54) is 33.3 Å². The zero-order valence-electron chi connectivity index (χ0n) is 30.9. The minimum absolute atomic E-state index is 0.101. The maximum Gasteiger partial charge on any atom is 0.348 e. The smallest absolute Gasteiger partial charge is 0.348 e. The number of carbonyl (C=O) groups excluding carboxylic acids is 6. The van der Waals surface area contributed by atoms with Crippen molar-refractivity contribution in [2.24, 2.45) is 28.6 Å². The molecule has 1 aromatic rings. The molecule has 14 heteroatoms. The van der Waals surface area contributed by atoms with Crippen LogP contribution in [0.25, 0.3) is 0 Å². The van der Waals surface area contributed by atoms with Crippen LogP contribution in [0.1, 0.15) is 92.6 Å². The van der Waals surface area contributed by atoms with E-state index in [-0.39, 0.29) is 25.9 Å². The Morgan fingerprint density at radius 2 is 1.71 bits per heavy atom. The van der Waals surface area contributed by atoms with Gasteiger partial charge in [0.25, 0.3) is 0 Å². The second kappa shape index (κ2) is 13.0. The van der Waals surface area contributed by atoms with Crippen LogP contribution in [0.4, 0.5) is 0 Å². The molecule has 5 fully saturated rings. The SMILES string of the molecule is C=C1[C@@H]2[C@@H](O[C@H]3CC(=O)O[C@]4(C)COC(=O)C[C@@H]4[C@]32C)[C@H](OC(=O)[C@H](OC(C)=O)[C@@H](C)CC)[C@@]2(C)[C@H](c3ccoc3)C[C@H](OC(C)=O)[C@]12OC(C)=O. The Kier molecular flexibility index (Phi) is 9.41. The van der Waals surface area contributed by atoms with E-state index in [2.05, 4.69) is 6.58 Å². The Morgan fingerprint density at radius 3 is 2.31 bits per heavy atom. The zero-order valence-corrected chi connectivity index (χ0v) is 30.9. The minimum Gasteiger partial charge on any atom is -0.472 e. The number of hydrogen-bond donors (Lipinski definition) is 0. The second-order valence-electron chi connectivity index (χ2n) is 15.7. The van der Waals surface area contributed by atoms with Crippen LogP contribution in [0.5, 0.6) is 0 Å². The Balaban J connectivity index is 1.63. The van der Waals surface area contributed by atoms with Gasteiger partial charge in [-0.25, -0.2) is 4.79 Å². The number of esters is 6. The molecule has 0 radical (unpaired) electrons. The summed E-state index contributed by atoms with van der Waals surface area (Å²) in [4.78, 5) is 79.4. The van der Waals surface area contributed by atoms with Crippen LogP contribution < -0.4 is 0 Å². The molecule has 52 heavy (non-hydrogen) atoms. The number of carbonyl (C=O) groups is 6. The Labute approximate surface area is 302 Å². The van der Waals surface area contributed by atoms with Crippen LogP contribution in [0.3, 0.4) is 0 Å².